The Kier molecular flexibility index (Phi) is 37.0. The normalized spacial score (nSPS) is 11.3. The van der Waals surface area contributed by atoms with E-state index in [1.807, 2.05) is 60.7 Å². The van der Waals surface area contributed by atoms with E-state index in [1.165, 1.54) is 175 Å². The lowest BCUT2D eigenvalue weighted by Crippen LogP contribution is -2.06. The molecule has 0 atom stereocenters. The van der Waals surface area contributed by atoms with Crippen LogP contribution in [0.4, 0.5) is 0 Å². The molecule has 18 rings (SSSR count). The van der Waals surface area contributed by atoms with Crippen LogP contribution in [-0.4, -0.2) is 91.7 Å². The highest BCUT2D eigenvalue weighted by Gasteiger charge is 2.22. The first kappa shape index (κ1) is 101. The minimum absolute atomic E-state index is 0.644. The third-order valence-corrected chi connectivity index (χ3v) is 29.6. The summed E-state index contributed by atoms with van der Waals surface area (Å²) in [6.45, 7) is 22.2. The summed E-state index contributed by atoms with van der Waals surface area (Å²) in [7, 11) is 0. The van der Waals surface area contributed by atoms with Crippen molar-refractivity contribution >= 4 is 170 Å². The van der Waals surface area contributed by atoms with E-state index in [9.17, 15) is 0 Å². The molecule has 0 bridgehead atoms. The van der Waals surface area contributed by atoms with Gasteiger partial charge in [0.25, 0.3) is 0 Å². The van der Waals surface area contributed by atoms with Crippen molar-refractivity contribution in [3.05, 3.63) is 399 Å². The molecule has 133 heavy (non-hydrogen) atoms. The highest BCUT2D eigenvalue weighted by molar-refractivity contribution is 7.99. The van der Waals surface area contributed by atoms with Crippen LogP contribution >= 0.6 is 105 Å². The number of rotatable bonds is 28. The molecular weight excluding hydrogens is 1820 g/mol. The summed E-state index contributed by atoms with van der Waals surface area (Å²) in [6, 6.07) is 95.0. The lowest BCUT2D eigenvalue weighted by Gasteiger charge is -2.11. The first-order chi connectivity index (χ1) is 64.6. The Bertz CT molecular complexity index is 6950. The Morgan fingerprint density at radius 1 is 0.218 bits per heavy atom. The van der Waals surface area contributed by atoms with Gasteiger partial charge in [0.15, 0.2) is 0 Å². The number of aromatic nitrogens is 6. The summed E-state index contributed by atoms with van der Waals surface area (Å²) < 4.78 is 14.2. The number of halogens is 5. The van der Waals surface area contributed by atoms with E-state index in [2.05, 4.69) is 300 Å². The zero-order valence-corrected chi connectivity index (χ0v) is 84.9. The van der Waals surface area contributed by atoms with E-state index in [-0.39, 0.29) is 0 Å². The molecule has 12 N–H and O–H groups in total. The summed E-state index contributed by atoms with van der Waals surface area (Å²) in [5.74, 6) is 0. The molecule has 0 fully saturated rings. The van der Waals surface area contributed by atoms with Crippen LogP contribution in [0.2, 0.25) is 25.1 Å². The van der Waals surface area contributed by atoms with Crippen LogP contribution in [0.1, 0.15) is 101 Å². The molecule has 21 heteroatoms. The van der Waals surface area contributed by atoms with Gasteiger partial charge in [-0.25, -0.2) is 0 Å². The lowest BCUT2D eigenvalue weighted by molar-refractivity contribution is 0.792. The summed E-state index contributed by atoms with van der Waals surface area (Å²) in [5.41, 5.74) is 65.9. The molecule has 0 aliphatic heterocycles. The van der Waals surface area contributed by atoms with Crippen molar-refractivity contribution in [2.45, 2.75) is 139 Å². The molecule has 0 spiro atoms. The number of hydrogen-bond acceptors (Lipinski definition) is 10. The number of para-hydroxylation sites is 2. The Morgan fingerprint density at radius 3 is 0.820 bits per heavy atom. The standard InChI is InChI=1S/C19H20Cl2N2S.2C19H21ClN2S.C19H22N2S.C18H19ClN2.C18H20N2/c1-12-16(7-8-22)17-10-15(24-2)5-6-19(17)23(12)11-13-3-4-14(20)9-18(13)21;1-13-17(9-10-21)18-11-16(23-2)7-8-19(18)22(13)12-14-3-5-15(20)6-4-14;1-13-17(8-9-21)18-11-16(23-2)6-7-19(18)22(13)12-14-4-3-5-15(20)10-14;1-14-17(10-11-20)18-12-16(22-2)8-9-19(18)21(14)13-15-6-4-3-5-7-15;1-13-15(10-11-20)16-7-3-5-9-18(16)21(13)12-14-6-2-4-8-17(14)19;1-14-16(11-12-19)17-9-5-6-10-18(17)20(14)13-15-7-3-2-4-8-15/h3-6,9-10H,7-8,11,22H2,1-2H3;3-8,11H,9-10,12,21H2,1-2H3;3-7,10-11H,8-9,12,21H2,1-2H3;3-9,12H,10-11,13,20H2,1-2H3;2-9H,10-12,20H2,1H3;2-10H,11-13,19H2,1H3. The highest BCUT2D eigenvalue weighted by Crippen LogP contribution is 2.38. The molecule has 0 saturated heterocycles. The van der Waals surface area contributed by atoms with Crippen molar-refractivity contribution in [3.63, 3.8) is 0 Å². The molecule has 0 aliphatic rings. The Hall–Kier alpha value is -9.51. The average molecular weight is 1940 g/mol. The zero-order chi connectivity index (χ0) is 94.4. The molecule has 18 aromatic rings. The quantitative estimate of drug-likeness (QED) is 0.0258. The number of thioether (sulfide) groups is 4. The van der Waals surface area contributed by atoms with Crippen LogP contribution in [0, 0.1) is 41.5 Å². The van der Waals surface area contributed by atoms with E-state index < -0.39 is 0 Å². The van der Waals surface area contributed by atoms with Crippen molar-refractivity contribution in [2.75, 3.05) is 64.3 Å². The van der Waals surface area contributed by atoms with Gasteiger partial charge in [0.05, 0.1) is 0 Å². The van der Waals surface area contributed by atoms with Crippen molar-refractivity contribution in [1.29, 1.82) is 0 Å². The van der Waals surface area contributed by atoms with Crippen LogP contribution in [-0.2, 0) is 77.8 Å². The van der Waals surface area contributed by atoms with Gasteiger partial charge in [0.1, 0.15) is 0 Å². The van der Waals surface area contributed by atoms with Gasteiger partial charge in [0, 0.05) is 184 Å². The van der Waals surface area contributed by atoms with E-state index in [0.717, 1.165) is 104 Å². The topological polar surface area (TPSA) is 186 Å². The number of nitrogens with zero attached hydrogens (tertiary/aromatic N) is 6. The number of hydrogen-bond donors (Lipinski definition) is 6. The zero-order valence-electron chi connectivity index (χ0n) is 77.9. The molecule has 0 unspecified atom stereocenters. The summed E-state index contributed by atoms with van der Waals surface area (Å²) in [4.78, 5) is 5.15. The SMILES string of the molecule is CSc1ccc2c(c1)c(CCN)c(C)n2Cc1ccc(Cl)cc1.CSc1ccc2c(c1)c(CCN)c(C)n2Cc1ccc(Cl)cc1Cl.CSc1ccc2c(c1)c(CCN)c(C)n2Cc1cccc(Cl)c1.CSc1ccc2c(c1)c(CCN)c(C)n2Cc1ccccc1.Cc1c(CCN)c2ccccc2n1Cc1ccccc1.Cc1c(CCN)c2ccccc2n1Cc1ccccc1Cl. The third kappa shape index (κ3) is 24.3. The van der Waals surface area contributed by atoms with Crippen LogP contribution in [0.3, 0.4) is 0 Å². The van der Waals surface area contributed by atoms with E-state index >= 15 is 0 Å². The van der Waals surface area contributed by atoms with Gasteiger partial charge < -0.3 is 61.8 Å². The molecule has 12 nitrogen and oxygen atoms in total. The van der Waals surface area contributed by atoms with Gasteiger partial charge in [-0.1, -0.05) is 204 Å². The predicted molar refractivity (Wildman–Crippen MR) is 582 cm³/mol. The van der Waals surface area contributed by atoms with Gasteiger partial charge in [-0.15, -0.1) is 47.0 Å². The van der Waals surface area contributed by atoms with Gasteiger partial charge in [-0.2, -0.15) is 0 Å². The van der Waals surface area contributed by atoms with Crippen molar-refractivity contribution in [3.8, 4) is 0 Å². The molecule has 0 aliphatic carbocycles. The number of nitrogens with two attached hydrogens (primary N) is 6. The van der Waals surface area contributed by atoms with Gasteiger partial charge >= 0.3 is 0 Å². The highest BCUT2D eigenvalue weighted by atomic mass is 35.5. The Morgan fingerprint density at radius 2 is 0.489 bits per heavy atom. The maximum Gasteiger partial charge on any atom is 0.0493 e. The molecule has 0 radical (unpaired) electrons. The van der Waals surface area contributed by atoms with Crippen LogP contribution in [0.15, 0.2) is 293 Å². The van der Waals surface area contributed by atoms with E-state index in [1.54, 1.807) is 53.1 Å². The second-order valence-corrected chi connectivity index (χ2v) is 38.9. The largest absolute Gasteiger partial charge is 0.340 e. The van der Waals surface area contributed by atoms with Crippen molar-refractivity contribution in [2.24, 2.45) is 34.4 Å². The third-order valence-electron chi connectivity index (χ3n) is 25.2. The molecular formula is C112H123Cl5N12S4. The summed E-state index contributed by atoms with van der Waals surface area (Å²) in [5, 5.41) is 11.7. The molecule has 6 heterocycles. The molecule has 6 aromatic heterocycles. The van der Waals surface area contributed by atoms with Crippen LogP contribution in [0.25, 0.3) is 65.4 Å². The van der Waals surface area contributed by atoms with Gasteiger partial charge in [-0.3, -0.25) is 0 Å². The van der Waals surface area contributed by atoms with E-state index in [0.29, 0.717) is 49.3 Å². The van der Waals surface area contributed by atoms with Crippen molar-refractivity contribution < 1.29 is 0 Å². The molecule has 0 amide bonds. The van der Waals surface area contributed by atoms with Crippen LogP contribution in [0.5, 0.6) is 0 Å². The number of benzene rings is 12. The Labute approximate surface area is 827 Å². The second kappa shape index (κ2) is 48.8. The maximum absolute atomic E-state index is 6.38. The van der Waals surface area contributed by atoms with E-state index in [4.69, 9.17) is 92.4 Å². The Balaban J connectivity index is 0.000000136. The minimum Gasteiger partial charge on any atom is -0.340 e. The van der Waals surface area contributed by atoms with Crippen molar-refractivity contribution in [1.82, 2.24) is 27.4 Å². The predicted octanol–water partition coefficient (Wildman–Crippen LogP) is 27.1. The fourth-order valence-electron chi connectivity index (χ4n) is 18.4. The molecule has 12 aromatic carbocycles. The summed E-state index contributed by atoms with van der Waals surface area (Å²) >= 11 is 37.9. The second-order valence-electron chi connectivity index (χ2n) is 33.3. The monoisotopic (exact) mass is 1940 g/mol. The fraction of sp³-hybridized carbons (Fsp3) is 0.250. The van der Waals surface area contributed by atoms with Gasteiger partial charge in [0.2, 0.25) is 0 Å². The number of fused-ring (bicyclic) bond motifs is 6. The first-order valence-corrected chi connectivity index (χ1v) is 52.1. The minimum atomic E-state index is 0.644. The van der Waals surface area contributed by atoms with Gasteiger partial charge in [-0.05, 0) is 339 Å². The van der Waals surface area contributed by atoms with Crippen LogP contribution < -0.4 is 34.4 Å². The fourth-order valence-corrected chi connectivity index (χ4v) is 21.1. The molecule has 690 valence electrons. The average Bonchev–Trinajstić information content (AvgIpc) is 1.64. The molecule has 0 saturated carbocycles. The lowest BCUT2D eigenvalue weighted by atomic mass is 10.1. The smallest absolute Gasteiger partial charge is 0.0493 e. The first-order valence-electron chi connectivity index (χ1n) is 45.3. The maximum atomic E-state index is 6.38. The summed E-state index contributed by atoms with van der Waals surface area (Å²) in [6.07, 6.45) is 13.9.